The smallest absolute Gasteiger partial charge is 0.254 e. The van der Waals surface area contributed by atoms with E-state index in [1.807, 2.05) is 15.8 Å². The summed E-state index contributed by atoms with van der Waals surface area (Å²) in [6.07, 6.45) is 7.94. The number of nitrogens with zero attached hydrogens (tertiary/aromatic N) is 3. The first-order valence-electron chi connectivity index (χ1n) is 8.06. The monoisotopic (exact) mass is 291 g/mol. The van der Waals surface area contributed by atoms with E-state index >= 15 is 0 Å². The molecular weight excluding hydrogens is 266 g/mol. The highest BCUT2D eigenvalue weighted by atomic mass is 16.3. The van der Waals surface area contributed by atoms with Crippen LogP contribution in [0.1, 0.15) is 51.0 Å². The van der Waals surface area contributed by atoms with Gasteiger partial charge < -0.3 is 10.0 Å². The molecule has 1 aliphatic heterocycles. The van der Waals surface area contributed by atoms with E-state index in [-0.39, 0.29) is 11.8 Å². The molecule has 2 heterocycles. The molecule has 2 aliphatic rings. The summed E-state index contributed by atoms with van der Waals surface area (Å²) >= 11 is 0. The molecule has 116 valence electrons. The van der Waals surface area contributed by atoms with Crippen LogP contribution in [0.3, 0.4) is 0 Å². The molecule has 1 N–H and O–H groups in total. The van der Waals surface area contributed by atoms with Gasteiger partial charge in [0.05, 0.1) is 6.20 Å². The second kappa shape index (κ2) is 5.44. The van der Waals surface area contributed by atoms with Crippen molar-refractivity contribution in [2.45, 2.75) is 57.6 Å². The first-order chi connectivity index (χ1) is 10.0. The number of aromatic nitrogens is 2. The number of hydrogen-bond donors (Lipinski definition) is 1. The molecule has 2 fully saturated rings. The number of rotatable bonds is 4. The van der Waals surface area contributed by atoms with E-state index in [0.717, 1.165) is 45.3 Å². The standard InChI is InChI=1S/C16H25N3O2/c1-3-19-11-13(10-17-19)12-6-8-18(9-7-12)15(20)16(2,21)14-4-5-14/h10-12,14,21H,3-9H2,1-2H3. The minimum absolute atomic E-state index is 0.0762. The zero-order valence-corrected chi connectivity index (χ0v) is 13.0. The molecule has 1 saturated carbocycles. The van der Waals surface area contributed by atoms with E-state index in [1.54, 1.807) is 6.92 Å². The van der Waals surface area contributed by atoms with Crippen LogP contribution in [0.25, 0.3) is 0 Å². The molecule has 1 aliphatic carbocycles. The minimum Gasteiger partial charge on any atom is -0.380 e. The van der Waals surface area contributed by atoms with Gasteiger partial charge in [-0.3, -0.25) is 9.48 Å². The second-order valence-corrected chi connectivity index (χ2v) is 6.62. The fraction of sp³-hybridized carbons (Fsp3) is 0.750. The Hall–Kier alpha value is -1.36. The third-order valence-corrected chi connectivity index (χ3v) is 5.04. The lowest BCUT2D eigenvalue weighted by atomic mass is 9.90. The van der Waals surface area contributed by atoms with Gasteiger partial charge in [0.25, 0.3) is 5.91 Å². The lowest BCUT2D eigenvalue weighted by Gasteiger charge is -2.36. The molecule has 0 bridgehead atoms. The van der Waals surface area contributed by atoms with Crippen molar-refractivity contribution in [1.29, 1.82) is 0 Å². The van der Waals surface area contributed by atoms with Crippen molar-refractivity contribution in [3.8, 4) is 0 Å². The predicted molar refractivity (Wildman–Crippen MR) is 79.8 cm³/mol. The largest absolute Gasteiger partial charge is 0.380 e. The third-order valence-electron chi connectivity index (χ3n) is 5.04. The Morgan fingerprint density at radius 1 is 1.38 bits per heavy atom. The average Bonchev–Trinajstić information content (AvgIpc) is 3.26. The summed E-state index contributed by atoms with van der Waals surface area (Å²) < 4.78 is 1.95. The normalized spacial score (nSPS) is 23.1. The molecular formula is C16H25N3O2. The predicted octanol–water partition coefficient (Wildman–Crippen LogP) is 1.77. The molecule has 3 rings (SSSR count). The van der Waals surface area contributed by atoms with Gasteiger partial charge in [0.2, 0.25) is 0 Å². The van der Waals surface area contributed by atoms with Crippen LogP contribution < -0.4 is 0 Å². The number of carbonyl (C=O) groups is 1. The summed E-state index contributed by atoms with van der Waals surface area (Å²) in [5.41, 5.74) is 0.123. The fourth-order valence-electron chi connectivity index (χ4n) is 3.32. The number of amides is 1. The number of piperidine rings is 1. The third kappa shape index (κ3) is 2.84. The Morgan fingerprint density at radius 3 is 2.57 bits per heavy atom. The summed E-state index contributed by atoms with van der Waals surface area (Å²) in [5.74, 6) is 0.582. The summed E-state index contributed by atoms with van der Waals surface area (Å²) in [6, 6.07) is 0. The SMILES string of the molecule is CCn1cc(C2CCN(C(=O)C(C)(O)C3CC3)CC2)cn1. The van der Waals surface area contributed by atoms with Gasteiger partial charge in [0.15, 0.2) is 0 Å². The average molecular weight is 291 g/mol. The molecule has 1 unspecified atom stereocenters. The molecule has 0 aromatic carbocycles. The number of likely N-dealkylation sites (tertiary alicyclic amines) is 1. The van der Waals surface area contributed by atoms with Gasteiger partial charge in [-0.15, -0.1) is 0 Å². The maximum absolute atomic E-state index is 12.5. The van der Waals surface area contributed by atoms with Crippen LogP contribution in [0, 0.1) is 5.92 Å². The number of aliphatic hydroxyl groups is 1. The van der Waals surface area contributed by atoms with Crippen LogP contribution in [0.4, 0.5) is 0 Å². The topological polar surface area (TPSA) is 58.4 Å². The molecule has 0 radical (unpaired) electrons. The Morgan fingerprint density at radius 2 is 2.05 bits per heavy atom. The van der Waals surface area contributed by atoms with Gasteiger partial charge in [-0.2, -0.15) is 5.10 Å². The lowest BCUT2D eigenvalue weighted by molar-refractivity contribution is -0.152. The Bertz CT molecular complexity index is 511. The zero-order chi connectivity index (χ0) is 15.0. The highest BCUT2D eigenvalue weighted by molar-refractivity contribution is 5.85. The number of hydrogen-bond acceptors (Lipinski definition) is 3. The maximum Gasteiger partial charge on any atom is 0.254 e. The van der Waals surface area contributed by atoms with Gasteiger partial charge in [0.1, 0.15) is 5.60 Å². The molecule has 5 heteroatoms. The Balaban J connectivity index is 1.58. The van der Waals surface area contributed by atoms with E-state index in [1.165, 1.54) is 5.56 Å². The van der Waals surface area contributed by atoms with Crippen molar-refractivity contribution in [2.75, 3.05) is 13.1 Å². The van der Waals surface area contributed by atoms with Gasteiger partial charge in [-0.25, -0.2) is 0 Å². The van der Waals surface area contributed by atoms with Crippen molar-refractivity contribution in [3.05, 3.63) is 18.0 Å². The molecule has 21 heavy (non-hydrogen) atoms. The molecule has 1 aromatic rings. The van der Waals surface area contributed by atoms with E-state index in [2.05, 4.69) is 18.2 Å². The van der Waals surface area contributed by atoms with Crippen LogP contribution in [0.5, 0.6) is 0 Å². The van der Waals surface area contributed by atoms with Crippen LogP contribution in [0.15, 0.2) is 12.4 Å². The van der Waals surface area contributed by atoms with Gasteiger partial charge in [-0.1, -0.05) is 0 Å². The quantitative estimate of drug-likeness (QED) is 0.920. The van der Waals surface area contributed by atoms with Crippen molar-refractivity contribution in [1.82, 2.24) is 14.7 Å². The van der Waals surface area contributed by atoms with E-state index < -0.39 is 5.60 Å². The van der Waals surface area contributed by atoms with E-state index in [9.17, 15) is 9.90 Å². The summed E-state index contributed by atoms with van der Waals surface area (Å²) in [7, 11) is 0. The molecule has 5 nitrogen and oxygen atoms in total. The van der Waals surface area contributed by atoms with E-state index in [0.29, 0.717) is 5.92 Å². The highest BCUT2D eigenvalue weighted by Gasteiger charge is 2.47. The Labute approximate surface area is 125 Å². The summed E-state index contributed by atoms with van der Waals surface area (Å²) in [6.45, 7) is 6.14. The Kier molecular flexibility index (Phi) is 3.78. The summed E-state index contributed by atoms with van der Waals surface area (Å²) in [4.78, 5) is 14.3. The first kappa shape index (κ1) is 14.6. The van der Waals surface area contributed by atoms with Gasteiger partial charge in [0, 0.05) is 25.8 Å². The molecule has 1 amide bonds. The van der Waals surface area contributed by atoms with Crippen LogP contribution in [0.2, 0.25) is 0 Å². The van der Waals surface area contributed by atoms with Crippen molar-refractivity contribution in [2.24, 2.45) is 5.92 Å². The molecule has 1 atom stereocenters. The van der Waals surface area contributed by atoms with Gasteiger partial charge >= 0.3 is 0 Å². The maximum atomic E-state index is 12.5. The van der Waals surface area contributed by atoms with Crippen molar-refractivity contribution in [3.63, 3.8) is 0 Å². The minimum atomic E-state index is -1.15. The van der Waals surface area contributed by atoms with Crippen LogP contribution >= 0.6 is 0 Å². The van der Waals surface area contributed by atoms with Crippen LogP contribution in [-0.4, -0.2) is 44.4 Å². The van der Waals surface area contributed by atoms with E-state index in [4.69, 9.17) is 0 Å². The molecule has 1 aromatic heterocycles. The zero-order valence-electron chi connectivity index (χ0n) is 13.0. The second-order valence-electron chi connectivity index (χ2n) is 6.62. The number of carbonyl (C=O) groups excluding carboxylic acids is 1. The van der Waals surface area contributed by atoms with Crippen molar-refractivity contribution < 1.29 is 9.90 Å². The molecule has 1 saturated heterocycles. The lowest BCUT2D eigenvalue weighted by Crippen LogP contribution is -2.50. The molecule has 0 spiro atoms. The first-order valence-corrected chi connectivity index (χ1v) is 8.06. The van der Waals surface area contributed by atoms with Gasteiger partial charge in [-0.05, 0) is 56.9 Å². The number of aryl methyl sites for hydroxylation is 1. The summed E-state index contributed by atoms with van der Waals surface area (Å²) in [5, 5.41) is 14.7. The van der Waals surface area contributed by atoms with Crippen molar-refractivity contribution >= 4 is 5.91 Å². The highest BCUT2D eigenvalue weighted by Crippen LogP contribution is 2.41. The fourth-order valence-corrected chi connectivity index (χ4v) is 3.32. The van der Waals surface area contributed by atoms with Crippen LogP contribution in [-0.2, 0) is 11.3 Å².